The Balaban J connectivity index is 0.000000325. The largest absolute Gasteiger partial charge is 0.491 e. The number of benzene rings is 2. The fourth-order valence-corrected chi connectivity index (χ4v) is 4.51. The Hall–Kier alpha value is -3.62. The van der Waals surface area contributed by atoms with Crippen molar-refractivity contribution in [2.45, 2.75) is 59.9 Å². The molecule has 0 bridgehead atoms. The zero-order chi connectivity index (χ0) is 28.4. The lowest BCUT2D eigenvalue weighted by Gasteiger charge is -2.17. The lowest BCUT2D eigenvalue weighted by molar-refractivity contribution is -0.129. The maximum atomic E-state index is 12.3. The van der Waals surface area contributed by atoms with E-state index in [4.69, 9.17) is 4.74 Å². The first-order valence-corrected chi connectivity index (χ1v) is 13.7. The number of aromatic amines is 1. The van der Waals surface area contributed by atoms with Crippen molar-refractivity contribution in [3.8, 4) is 16.9 Å². The number of nitrogens with zero attached hydrogens (tertiary/aromatic N) is 2. The molecular weight excluding hydrogens is 499 g/mol. The van der Waals surface area contributed by atoms with E-state index in [-0.39, 0.29) is 12.6 Å². The number of amides is 2. The second-order valence-corrected chi connectivity index (χ2v) is 10.3. The van der Waals surface area contributed by atoms with Gasteiger partial charge in [-0.05, 0) is 60.1 Å². The van der Waals surface area contributed by atoms with Gasteiger partial charge in [-0.1, -0.05) is 45.7 Å². The van der Waals surface area contributed by atoms with E-state index in [1.807, 2.05) is 36.4 Å². The quantitative estimate of drug-likeness (QED) is 0.322. The monoisotopic (exact) mass is 540 g/mol. The van der Waals surface area contributed by atoms with Crippen LogP contribution in [0.5, 0.6) is 5.75 Å². The predicted octanol–water partition coefficient (Wildman–Crippen LogP) is 6.96. The highest BCUT2D eigenvalue weighted by Gasteiger charge is 2.18. The van der Waals surface area contributed by atoms with E-state index in [0.29, 0.717) is 31.6 Å². The summed E-state index contributed by atoms with van der Waals surface area (Å²) >= 11 is 0. The number of ether oxygens (including phenoxy) is 2. The van der Waals surface area contributed by atoms with E-state index in [1.165, 1.54) is 13.5 Å². The molecule has 0 saturated heterocycles. The molecule has 3 aromatic rings. The Labute approximate surface area is 230 Å². The number of nitrogens with one attached hydrogen (secondary N) is 2. The van der Waals surface area contributed by atoms with Gasteiger partial charge in [0.05, 0.1) is 31.4 Å². The van der Waals surface area contributed by atoms with Gasteiger partial charge in [-0.15, -0.1) is 0 Å². The Morgan fingerprint density at radius 3 is 2.56 bits per heavy atom. The van der Waals surface area contributed by atoms with Crippen LogP contribution < -0.4 is 10.1 Å². The van der Waals surface area contributed by atoms with Crippen LogP contribution in [0.1, 0.15) is 58.9 Å². The van der Waals surface area contributed by atoms with Gasteiger partial charge in [0, 0.05) is 19.0 Å². The van der Waals surface area contributed by atoms with Crippen LogP contribution in [0, 0.1) is 11.8 Å². The molecule has 0 fully saturated rings. The van der Waals surface area contributed by atoms with Crippen molar-refractivity contribution in [3.05, 3.63) is 42.0 Å². The Kier molecular flexibility index (Phi) is 11.1. The van der Waals surface area contributed by atoms with Gasteiger partial charge in [0.2, 0.25) is 11.9 Å². The molecule has 0 spiro atoms. The smallest absolute Gasteiger partial charge is 0.413 e. The number of fused-ring (bicyclic) bond motifs is 2. The van der Waals surface area contributed by atoms with Gasteiger partial charge < -0.3 is 19.4 Å². The molecule has 0 saturated carbocycles. The van der Waals surface area contributed by atoms with E-state index in [2.05, 4.69) is 40.8 Å². The van der Waals surface area contributed by atoms with Crippen LogP contribution in [-0.4, -0.2) is 53.8 Å². The fourth-order valence-electron chi connectivity index (χ4n) is 4.51. The van der Waals surface area contributed by atoms with Crippen molar-refractivity contribution >= 4 is 29.0 Å². The first-order valence-electron chi connectivity index (χ1n) is 13.7. The minimum Gasteiger partial charge on any atom is -0.491 e. The van der Waals surface area contributed by atoms with Gasteiger partial charge in [-0.2, -0.15) is 0 Å². The topological polar surface area (TPSA) is 96.6 Å². The number of carbonyl (C=O) groups is 2. The molecule has 4 rings (SSSR count). The van der Waals surface area contributed by atoms with Crippen LogP contribution in [0.2, 0.25) is 0 Å². The number of alkyl halides is 1. The highest BCUT2D eigenvalue weighted by Crippen LogP contribution is 2.31. The lowest BCUT2D eigenvalue weighted by atomic mass is 9.95. The molecule has 1 aliphatic heterocycles. The van der Waals surface area contributed by atoms with Crippen LogP contribution in [0.15, 0.2) is 36.4 Å². The van der Waals surface area contributed by atoms with E-state index in [9.17, 15) is 14.0 Å². The maximum Gasteiger partial charge on any atom is 0.413 e. The molecule has 1 aromatic heterocycles. The zero-order valence-corrected chi connectivity index (χ0v) is 23.7. The summed E-state index contributed by atoms with van der Waals surface area (Å²) in [5, 5.41) is 2.52. The minimum absolute atomic E-state index is 0.0337. The summed E-state index contributed by atoms with van der Waals surface area (Å²) in [5.41, 5.74) is 4.49. The number of methoxy groups -OCH3 is 1. The van der Waals surface area contributed by atoms with E-state index in [0.717, 1.165) is 58.7 Å². The molecule has 1 atom stereocenters. The molecule has 8 nitrogen and oxygen atoms in total. The third-order valence-corrected chi connectivity index (χ3v) is 6.77. The molecule has 1 aliphatic rings. The summed E-state index contributed by atoms with van der Waals surface area (Å²) in [6, 6.07) is 11.8. The van der Waals surface area contributed by atoms with Crippen LogP contribution in [0.25, 0.3) is 22.2 Å². The first-order chi connectivity index (χ1) is 18.7. The summed E-state index contributed by atoms with van der Waals surface area (Å²) < 4.78 is 22.7. The number of carbonyl (C=O) groups excluding carboxylic acids is 2. The van der Waals surface area contributed by atoms with E-state index in [1.54, 1.807) is 11.8 Å². The summed E-state index contributed by atoms with van der Waals surface area (Å²) in [6.07, 6.45) is 3.84. The average Bonchev–Trinajstić information content (AvgIpc) is 3.19. The fraction of sp³-hybridized carbons (Fsp3) is 0.500. The molecular formula is C30H41FN4O4. The van der Waals surface area contributed by atoms with Gasteiger partial charge in [-0.3, -0.25) is 14.5 Å². The second-order valence-electron chi connectivity index (χ2n) is 10.3. The van der Waals surface area contributed by atoms with Crippen molar-refractivity contribution in [2.24, 2.45) is 11.8 Å². The minimum atomic E-state index is -0.583. The second kappa shape index (κ2) is 14.5. The van der Waals surface area contributed by atoms with Gasteiger partial charge in [0.1, 0.15) is 12.4 Å². The van der Waals surface area contributed by atoms with Gasteiger partial charge in [0.25, 0.3) is 0 Å². The number of hydrogen-bond acceptors (Lipinski definition) is 5. The summed E-state index contributed by atoms with van der Waals surface area (Å²) in [7, 11) is 1.30. The number of halogens is 1. The van der Waals surface area contributed by atoms with Crippen LogP contribution in [0.4, 0.5) is 15.1 Å². The molecule has 2 heterocycles. The number of hydrogen-bond donors (Lipinski definition) is 2. The summed E-state index contributed by atoms with van der Waals surface area (Å²) in [6.45, 7) is 9.55. The van der Waals surface area contributed by atoms with Gasteiger partial charge >= 0.3 is 6.09 Å². The lowest BCUT2D eigenvalue weighted by Crippen LogP contribution is -2.30. The molecule has 2 N–H and O–H groups in total. The predicted molar refractivity (Wildman–Crippen MR) is 153 cm³/mol. The molecule has 1 unspecified atom stereocenters. The molecule has 2 aromatic carbocycles. The number of aromatic nitrogens is 2. The van der Waals surface area contributed by atoms with Crippen LogP contribution in [0.3, 0.4) is 0 Å². The summed E-state index contributed by atoms with van der Waals surface area (Å²) in [5.74, 6) is 2.22. The normalized spacial score (nSPS) is 13.6. The average molecular weight is 541 g/mol. The van der Waals surface area contributed by atoms with Gasteiger partial charge in [0.15, 0.2) is 0 Å². The summed E-state index contributed by atoms with van der Waals surface area (Å²) in [4.78, 5) is 32.3. The van der Waals surface area contributed by atoms with Crippen molar-refractivity contribution in [2.75, 3.05) is 32.3 Å². The number of imidazole rings is 1. The first kappa shape index (κ1) is 29.9. The number of anilines is 1. The van der Waals surface area contributed by atoms with Crippen molar-refractivity contribution in [1.29, 1.82) is 0 Å². The van der Waals surface area contributed by atoms with Gasteiger partial charge in [-0.25, -0.2) is 9.78 Å². The number of rotatable bonds is 8. The Morgan fingerprint density at radius 1 is 1.15 bits per heavy atom. The van der Waals surface area contributed by atoms with E-state index < -0.39 is 6.09 Å². The highest BCUT2D eigenvalue weighted by molar-refractivity contribution is 5.88. The van der Waals surface area contributed by atoms with Crippen LogP contribution in [-0.2, 0) is 16.1 Å². The molecule has 39 heavy (non-hydrogen) atoms. The van der Waals surface area contributed by atoms with Crippen molar-refractivity contribution in [1.82, 2.24) is 14.9 Å². The van der Waals surface area contributed by atoms with Crippen molar-refractivity contribution < 1.29 is 23.5 Å². The highest BCUT2D eigenvalue weighted by atomic mass is 19.1. The number of H-pyrrole nitrogens is 1. The zero-order valence-electron chi connectivity index (χ0n) is 23.7. The SMILES string of the molecule is CCCC(CF)CCC(C)C.COC(=O)Nc1nc2ccc(-c3ccc4c(c3)CN(C(C)=O)CCO4)cc2[nH]1. The molecule has 212 valence electrons. The maximum absolute atomic E-state index is 12.3. The molecule has 9 heteroatoms. The third kappa shape index (κ3) is 8.70. The molecule has 0 aliphatic carbocycles. The standard InChI is InChI=1S/C20H20N4O4.C10H21F/c1-12(25)24-7-8-28-18-6-4-13(9-15(18)11-24)14-3-5-16-17(10-14)22-19(21-16)23-20(26)27-2;1-4-5-10(8-11)7-6-9(2)3/h3-6,9-10H,7-8,11H2,1-2H3,(H2,21,22,23,26);9-10H,4-8H2,1-3H3. The molecule has 0 radical (unpaired) electrons. The third-order valence-electron chi connectivity index (χ3n) is 6.77. The van der Waals surface area contributed by atoms with Crippen molar-refractivity contribution in [3.63, 3.8) is 0 Å². The Bertz CT molecular complexity index is 1240. The van der Waals surface area contributed by atoms with E-state index >= 15 is 0 Å². The van der Waals surface area contributed by atoms with Crippen LogP contribution >= 0.6 is 0 Å². The Morgan fingerprint density at radius 2 is 1.90 bits per heavy atom. The molecule has 2 amide bonds.